The van der Waals surface area contributed by atoms with Crippen LogP contribution in [0.15, 0.2) is 39.5 Å². The van der Waals surface area contributed by atoms with Crippen LogP contribution in [0, 0.1) is 0 Å². The third kappa shape index (κ3) is 1.84. The van der Waals surface area contributed by atoms with Crippen molar-refractivity contribution in [1.82, 2.24) is 4.73 Å². The van der Waals surface area contributed by atoms with Gasteiger partial charge in [0.2, 0.25) is 11.8 Å². The Kier molecular flexibility index (Phi) is 1.72. The standard InChI is InChI=1S/C11H7NO7/c13-8-1-2-9(14)12(8)19-11(15)18-7-5-17-10-6(7)3-4-16-10/h1-5,13-14H/i3D,4D,5D. The van der Waals surface area contributed by atoms with Crippen LogP contribution in [0.3, 0.4) is 0 Å². The Morgan fingerprint density at radius 3 is 2.79 bits per heavy atom. The lowest BCUT2D eigenvalue weighted by Crippen LogP contribution is -2.22. The highest BCUT2D eigenvalue weighted by Gasteiger charge is 2.17. The number of hydrogen-bond acceptors (Lipinski definition) is 7. The van der Waals surface area contributed by atoms with Gasteiger partial charge in [-0.3, -0.25) is 4.84 Å². The van der Waals surface area contributed by atoms with E-state index in [1.165, 1.54) is 0 Å². The van der Waals surface area contributed by atoms with Gasteiger partial charge < -0.3 is 23.8 Å². The smallest absolute Gasteiger partial charge is 0.492 e. The van der Waals surface area contributed by atoms with Gasteiger partial charge in [0.15, 0.2) is 5.75 Å². The summed E-state index contributed by atoms with van der Waals surface area (Å²) in [6.07, 6.45) is -2.54. The highest BCUT2D eigenvalue weighted by molar-refractivity contribution is 5.82. The molecule has 0 fully saturated rings. The number of fused-ring (bicyclic) bond motifs is 1. The van der Waals surface area contributed by atoms with Crippen molar-refractivity contribution in [3.63, 3.8) is 0 Å². The van der Waals surface area contributed by atoms with Crippen LogP contribution in [-0.2, 0) is 0 Å². The molecule has 0 unspecified atom stereocenters. The van der Waals surface area contributed by atoms with Crippen LogP contribution in [0.5, 0.6) is 17.5 Å². The summed E-state index contributed by atoms with van der Waals surface area (Å²) in [7, 11) is 0. The summed E-state index contributed by atoms with van der Waals surface area (Å²) in [6.45, 7) is 0. The number of carbonyl (C=O) groups is 1. The first kappa shape index (κ1) is 8.14. The fraction of sp³-hybridized carbons (Fsp3) is 0. The second kappa shape index (κ2) is 4.02. The van der Waals surface area contributed by atoms with E-state index < -0.39 is 42.2 Å². The third-order valence-corrected chi connectivity index (χ3v) is 2.14. The van der Waals surface area contributed by atoms with Crippen molar-refractivity contribution in [1.29, 1.82) is 0 Å². The van der Waals surface area contributed by atoms with E-state index in [2.05, 4.69) is 4.84 Å². The number of ether oxygens (including phenoxy) is 1. The number of furan rings is 2. The van der Waals surface area contributed by atoms with Gasteiger partial charge in [-0.25, -0.2) is 4.79 Å². The van der Waals surface area contributed by atoms with Crippen LogP contribution >= 0.6 is 0 Å². The number of aromatic hydroxyl groups is 2. The van der Waals surface area contributed by atoms with Crippen molar-refractivity contribution in [3.8, 4) is 17.5 Å². The van der Waals surface area contributed by atoms with E-state index in [-0.39, 0.29) is 11.2 Å². The van der Waals surface area contributed by atoms with E-state index in [1.807, 2.05) is 0 Å². The van der Waals surface area contributed by atoms with Crippen LogP contribution < -0.4 is 9.57 Å². The summed E-state index contributed by atoms with van der Waals surface area (Å²) in [5, 5.41) is 18.5. The van der Waals surface area contributed by atoms with Gasteiger partial charge in [-0.05, 0) is 6.04 Å². The molecule has 0 spiro atoms. The second-order valence-corrected chi connectivity index (χ2v) is 3.31. The molecule has 8 nitrogen and oxygen atoms in total. The SMILES string of the molecule is [2H]c1oc2oc([2H])c(OC(=O)On3c(O)ccc3O)c2c1[2H]. The molecule has 3 heterocycles. The minimum absolute atomic E-state index is 0.173. The van der Waals surface area contributed by atoms with Crippen LogP contribution in [0.1, 0.15) is 4.11 Å². The average molecular weight is 268 g/mol. The van der Waals surface area contributed by atoms with E-state index in [4.69, 9.17) is 17.7 Å². The van der Waals surface area contributed by atoms with Gasteiger partial charge in [0.05, 0.1) is 7.61 Å². The predicted molar refractivity (Wildman–Crippen MR) is 58.8 cm³/mol. The van der Waals surface area contributed by atoms with Gasteiger partial charge in [-0.2, -0.15) is 0 Å². The van der Waals surface area contributed by atoms with Crippen molar-refractivity contribution in [2.45, 2.75) is 0 Å². The molecule has 0 aliphatic heterocycles. The monoisotopic (exact) mass is 268 g/mol. The molecular weight excluding hydrogens is 258 g/mol. The number of hydrogen-bond donors (Lipinski definition) is 2. The maximum atomic E-state index is 11.6. The molecule has 3 rings (SSSR count). The first-order chi connectivity index (χ1) is 10.4. The van der Waals surface area contributed by atoms with Gasteiger partial charge in [0.1, 0.15) is 14.4 Å². The molecule has 0 radical (unpaired) electrons. The van der Waals surface area contributed by atoms with Crippen LogP contribution in [-0.4, -0.2) is 21.1 Å². The molecule has 8 heteroatoms. The summed E-state index contributed by atoms with van der Waals surface area (Å²) in [6, 6.07) is 1.71. The third-order valence-electron chi connectivity index (χ3n) is 2.14. The average Bonchev–Trinajstić information content (AvgIpc) is 3.02. The second-order valence-electron chi connectivity index (χ2n) is 3.31. The molecule has 3 aromatic rings. The zero-order valence-corrected chi connectivity index (χ0v) is 9.04. The van der Waals surface area contributed by atoms with Crippen molar-refractivity contribution in [3.05, 3.63) is 30.7 Å². The van der Waals surface area contributed by atoms with Crippen molar-refractivity contribution in [2.24, 2.45) is 0 Å². The highest BCUT2D eigenvalue weighted by Crippen LogP contribution is 2.29. The number of aromatic nitrogens is 1. The quantitative estimate of drug-likeness (QED) is 0.683. The summed E-state index contributed by atoms with van der Waals surface area (Å²) < 4.78 is 37.1. The number of rotatable bonds is 2. The largest absolute Gasteiger partial charge is 0.539 e. The molecule has 0 atom stereocenters. The zero-order valence-electron chi connectivity index (χ0n) is 12.0. The Hall–Kier alpha value is -3.03. The first-order valence-corrected chi connectivity index (χ1v) is 4.87. The zero-order chi connectivity index (χ0) is 16.0. The number of nitrogens with zero attached hydrogens (tertiary/aromatic N) is 1. The Morgan fingerprint density at radius 1 is 1.32 bits per heavy atom. The topological polar surface area (TPSA) is 107 Å². The Bertz CT molecular complexity index is 859. The molecule has 0 aromatic carbocycles. The molecule has 98 valence electrons. The summed E-state index contributed by atoms with van der Waals surface area (Å²) in [5.74, 6) is -1.90. The molecule has 0 saturated heterocycles. The molecule has 19 heavy (non-hydrogen) atoms. The lowest BCUT2D eigenvalue weighted by atomic mass is 10.4. The van der Waals surface area contributed by atoms with Crippen molar-refractivity contribution < 1.29 is 37.5 Å². The maximum Gasteiger partial charge on any atom is 0.539 e. The summed E-state index contributed by atoms with van der Waals surface area (Å²) in [4.78, 5) is 16.2. The summed E-state index contributed by atoms with van der Waals surface area (Å²) in [5.41, 5.74) is 0. The van der Waals surface area contributed by atoms with E-state index in [0.717, 1.165) is 12.1 Å². The normalized spacial score (nSPS) is 12.9. The van der Waals surface area contributed by atoms with Gasteiger partial charge in [0, 0.05) is 12.1 Å². The van der Waals surface area contributed by atoms with Crippen LogP contribution in [0.25, 0.3) is 11.2 Å². The first-order valence-electron chi connectivity index (χ1n) is 6.37. The predicted octanol–water partition coefficient (Wildman–Crippen LogP) is 1.87. The molecule has 3 aromatic heterocycles. The fourth-order valence-electron chi connectivity index (χ4n) is 1.33. The van der Waals surface area contributed by atoms with Gasteiger partial charge in [-0.1, -0.05) is 0 Å². The van der Waals surface area contributed by atoms with E-state index in [9.17, 15) is 15.0 Å². The van der Waals surface area contributed by atoms with E-state index in [0.29, 0.717) is 4.73 Å². The lowest BCUT2D eigenvalue weighted by molar-refractivity contribution is 0.0709. The molecule has 2 N–H and O–H groups in total. The number of carbonyl (C=O) groups excluding carboxylic acids is 1. The minimum Gasteiger partial charge on any atom is -0.492 e. The van der Waals surface area contributed by atoms with E-state index >= 15 is 0 Å². The van der Waals surface area contributed by atoms with Crippen molar-refractivity contribution >= 4 is 17.3 Å². The molecule has 0 aliphatic rings. The molecular formula is C11H7NO7. The van der Waals surface area contributed by atoms with Crippen LogP contribution in [0.4, 0.5) is 4.79 Å². The minimum atomic E-state index is -1.41. The molecule has 0 aliphatic carbocycles. The van der Waals surface area contributed by atoms with E-state index in [1.54, 1.807) is 0 Å². The van der Waals surface area contributed by atoms with Gasteiger partial charge in [-0.15, -0.1) is 4.73 Å². The molecule has 0 amide bonds. The van der Waals surface area contributed by atoms with Gasteiger partial charge in [0.25, 0.3) is 0 Å². The Morgan fingerprint density at radius 2 is 2.05 bits per heavy atom. The lowest BCUT2D eigenvalue weighted by Gasteiger charge is -2.05. The fourth-order valence-corrected chi connectivity index (χ4v) is 1.33. The molecule has 0 saturated carbocycles. The van der Waals surface area contributed by atoms with Gasteiger partial charge >= 0.3 is 11.9 Å². The van der Waals surface area contributed by atoms with Crippen molar-refractivity contribution in [2.75, 3.05) is 0 Å². The Labute approximate surface area is 109 Å². The maximum absolute atomic E-state index is 11.6. The Balaban J connectivity index is 1.90. The highest BCUT2D eigenvalue weighted by atomic mass is 16.8. The molecule has 0 bridgehead atoms. The summed E-state index contributed by atoms with van der Waals surface area (Å²) >= 11 is 0. The van der Waals surface area contributed by atoms with Crippen LogP contribution in [0.2, 0.25) is 0 Å².